The van der Waals surface area contributed by atoms with E-state index in [0.717, 1.165) is 50.9 Å². The first kappa shape index (κ1) is 24.9. The number of allylic oxidation sites excluding steroid dienone is 1. The SMILES string of the molecule is CCCCCCCCCCCCCCC/C(=C1/C(=O)OC(CO)C1=O)N1CCCC1. The Kier molecular flexibility index (Phi) is 12.1. The van der Waals surface area contributed by atoms with E-state index in [1.807, 2.05) is 0 Å². The van der Waals surface area contributed by atoms with Crippen LogP contribution in [-0.4, -0.2) is 47.6 Å². The first-order chi connectivity index (χ1) is 14.7. The third kappa shape index (κ3) is 8.05. The zero-order valence-corrected chi connectivity index (χ0v) is 19.1. The predicted octanol–water partition coefficient (Wildman–Crippen LogP) is 5.30. The molecule has 172 valence electrons. The fourth-order valence-corrected chi connectivity index (χ4v) is 4.62. The van der Waals surface area contributed by atoms with Crippen LogP contribution in [-0.2, 0) is 14.3 Å². The number of esters is 1. The molecule has 0 bridgehead atoms. The number of aliphatic hydroxyl groups is 1. The number of carbonyl (C=O) groups is 2. The van der Waals surface area contributed by atoms with Gasteiger partial charge in [0.25, 0.3) is 0 Å². The molecule has 1 atom stereocenters. The molecule has 0 aromatic carbocycles. The van der Waals surface area contributed by atoms with Crippen LogP contribution in [0.25, 0.3) is 0 Å². The summed E-state index contributed by atoms with van der Waals surface area (Å²) in [4.78, 5) is 26.9. The maximum Gasteiger partial charge on any atom is 0.344 e. The first-order valence-corrected chi connectivity index (χ1v) is 12.5. The van der Waals surface area contributed by atoms with E-state index in [9.17, 15) is 14.7 Å². The van der Waals surface area contributed by atoms with Gasteiger partial charge in [-0.3, -0.25) is 4.79 Å². The highest BCUT2D eigenvalue weighted by atomic mass is 16.6. The van der Waals surface area contributed by atoms with Crippen LogP contribution in [0.4, 0.5) is 0 Å². The molecule has 0 aromatic rings. The number of likely N-dealkylation sites (tertiary alicyclic amines) is 1. The summed E-state index contributed by atoms with van der Waals surface area (Å²) in [7, 11) is 0. The van der Waals surface area contributed by atoms with Crippen LogP contribution >= 0.6 is 0 Å². The Morgan fingerprint density at radius 2 is 1.37 bits per heavy atom. The number of aliphatic hydroxyl groups excluding tert-OH is 1. The van der Waals surface area contributed by atoms with Gasteiger partial charge in [-0.2, -0.15) is 0 Å². The van der Waals surface area contributed by atoms with Crippen molar-refractivity contribution in [2.45, 2.75) is 116 Å². The van der Waals surface area contributed by atoms with Crippen LogP contribution in [0.15, 0.2) is 11.3 Å². The Hall–Kier alpha value is -1.36. The van der Waals surface area contributed by atoms with Crippen molar-refractivity contribution in [3.05, 3.63) is 11.3 Å². The lowest BCUT2D eigenvalue weighted by atomic mass is 10.0. The molecule has 0 spiro atoms. The second-order valence-corrected chi connectivity index (χ2v) is 8.95. The molecule has 2 fully saturated rings. The van der Waals surface area contributed by atoms with E-state index in [4.69, 9.17) is 4.74 Å². The summed E-state index contributed by atoms with van der Waals surface area (Å²) in [5.41, 5.74) is 1.07. The molecule has 2 heterocycles. The number of Topliss-reactive ketones (excluding diaryl/α,β-unsaturated/α-hetero) is 1. The molecule has 0 saturated carbocycles. The van der Waals surface area contributed by atoms with E-state index in [1.165, 1.54) is 70.6 Å². The molecule has 0 radical (unpaired) electrons. The minimum absolute atomic E-state index is 0.204. The van der Waals surface area contributed by atoms with E-state index >= 15 is 0 Å². The van der Waals surface area contributed by atoms with Crippen LogP contribution < -0.4 is 0 Å². The van der Waals surface area contributed by atoms with Gasteiger partial charge in [0.2, 0.25) is 5.78 Å². The van der Waals surface area contributed by atoms with Gasteiger partial charge < -0.3 is 14.7 Å². The standard InChI is InChI=1S/C25H43NO4/c1-2-3-4-5-6-7-8-9-10-11-12-13-14-17-21(26-18-15-16-19-26)23-24(28)22(20-27)30-25(23)29/h22,27H,2-20H2,1H3/b23-21-. The minimum Gasteiger partial charge on any atom is -0.448 e. The average molecular weight is 422 g/mol. The van der Waals surface area contributed by atoms with Crippen molar-refractivity contribution in [3.8, 4) is 0 Å². The van der Waals surface area contributed by atoms with E-state index in [2.05, 4.69) is 11.8 Å². The van der Waals surface area contributed by atoms with E-state index < -0.39 is 18.7 Å². The Balaban J connectivity index is 1.64. The molecule has 5 nitrogen and oxygen atoms in total. The van der Waals surface area contributed by atoms with Gasteiger partial charge in [-0.15, -0.1) is 0 Å². The highest BCUT2D eigenvalue weighted by Gasteiger charge is 2.41. The lowest BCUT2D eigenvalue weighted by Crippen LogP contribution is -2.25. The summed E-state index contributed by atoms with van der Waals surface area (Å²) < 4.78 is 5.07. The number of hydrogen-bond acceptors (Lipinski definition) is 5. The molecule has 2 aliphatic heterocycles. The largest absolute Gasteiger partial charge is 0.448 e. The molecular weight excluding hydrogens is 378 g/mol. The summed E-state index contributed by atoms with van der Waals surface area (Å²) in [5.74, 6) is -0.880. The van der Waals surface area contributed by atoms with Gasteiger partial charge in [-0.25, -0.2) is 4.79 Å². The van der Waals surface area contributed by atoms with Crippen LogP contribution in [0.5, 0.6) is 0 Å². The van der Waals surface area contributed by atoms with Gasteiger partial charge in [0.05, 0.1) is 6.61 Å². The lowest BCUT2D eigenvalue weighted by molar-refractivity contribution is -0.142. The molecular formula is C25H43NO4. The molecule has 1 N–H and O–H groups in total. The predicted molar refractivity (Wildman–Crippen MR) is 120 cm³/mol. The first-order valence-electron chi connectivity index (χ1n) is 12.5. The van der Waals surface area contributed by atoms with Crippen LogP contribution in [0, 0.1) is 0 Å². The molecule has 5 heteroatoms. The number of hydrogen-bond donors (Lipinski definition) is 1. The maximum atomic E-state index is 12.5. The molecule has 2 saturated heterocycles. The molecule has 2 aliphatic rings. The zero-order chi connectivity index (χ0) is 21.6. The topological polar surface area (TPSA) is 66.8 Å². The molecule has 0 aliphatic carbocycles. The van der Waals surface area contributed by atoms with E-state index in [1.54, 1.807) is 0 Å². The van der Waals surface area contributed by atoms with Crippen molar-refractivity contribution in [2.24, 2.45) is 0 Å². The monoisotopic (exact) mass is 421 g/mol. The van der Waals surface area contributed by atoms with Gasteiger partial charge in [-0.05, 0) is 25.7 Å². The number of ether oxygens (including phenoxy) is 1. The highest BCUT2D eigenvalue weighted by Crippen LogP contribution is 2.28. The third-order valence-electron chi connectivity index (χ3n) is 6.45. The Bertz CT molecular complexity index is 551. The van der Waals surface area contributed by atoms with Gasteiger partial charge >= 0.3 is 5.97 Å². The zero-order valence-electron chi connectivity index (χ0n) is 19.1. The summed E-state index contributed by atoms with van der Waals surface area (Å²) in [6.07, 6.45) is 18.9. The second-order valence-electron chi connectivity index (χ2n) is 8.95. The summed E-state index contributed by atoms with van der Waals surface area (Å²) >= 11 is 0. The number of rotatable bonds is 16. The fourth-order valence-electron chi connectivity index (χ4n) is 4.62. The normalized spacial score (nSPS) is 20.9. The number of cyclic esters (lactones) is 1. The quantitative estimate of drug-likeness (QED) is 0.158. The smallest absolute Gasteiger partial charge is 0.344 e. The van der Waals surface area contributed by atoms with Crippen LogP contribution in [0.2, 0.25) is 0 Å². The maximum absolute atomic E-state index is 12.5. The van der Waals surface area contributed by atoms with Crippen molar-refractivity contribution in [2.75, 3.05) is 19.7 Å². The lowest BCUT2D eigenvalue weighted by Gasteiger charge is -2.22. The molecule has 0 amide bonds. The Morgan fingerprint density at radius 1 is 0.867 bits per heavy atom. The minimum atomic E-state index is -1.00. The number of unbranched alkanes of at least 4 members (excludes halogenated alkanes) is 12. The summed E-state index contributed by atoms with van der Waals surface area (Å²) in [6, 6.07) is 0. The van der Waals surface area contributed by atoms with Crippen molar-refractivity contribution in [3.63, 3.8) is 0 Å². The fraction of sp³-hybridized carbons (Fsp3) is 0.840. The van der Waals surface area contributed by atoms with Gasteiger partial charge in [0.1, 0.15) is 5.57 Å². The molecule has 1 unspecified atom stereocenters. The van der Waals surface area contributed by atoms with Crippen molar-refractivity contribution >= 4 is 11.8 Å². The summed E-state index contributed by atoms with van der Waals surface area (Å²) in [6.45, 7) is 3.64. The van der Waals surface area contributed by atoms with Crippen molar-refractivity contribution in [1.29, 1.82) is 0 Å². The third-order valence-corrected chi connectivity index (χ3v) is 6.45. The van der Waals surface area contributed by atoms with Gasteiger partial charge in [0, 0.05) is 18.8 Å². The highest BCUT2D eigenvalue weighted by molar-refractivity contribution is 6.23. The van der Waals surface area contributed by atoms with Crippen molar-refractivity contribution < 1.29 is 19.4 Å². The van der Waals surface area contributed by atoms with Crippen molar-refractivity contribution in [1.82, 2.24) is 4.90 Å². The molecule has 0 aromatic heterocycles. The number of ketones is 1. The van der Waals surface area contributed by atoms with Gasteiger partial charge in [0.15, 0.2) is 6.10 Å². The van der Waals surface area contributed by atoms with Crippen LogP contribution in [0.1, 0.15) is 110 Å². The van der Waals surface area contributed by atoms with E-state index in [0.29, 0.717) is 0 Å². The average Bonchev–Trinajstić information content (AvgIpc) is 3.37. The number of nitrogens with zero attached hydrogens (tertiary/aromatic N) is 1. The summed E-state index contributed by atoms with van der Waals surface area (Å²) in [5, 5.41) is 9.28. The molecule has 30 heavy (non-hydrogen) atoms. The van der Waals surface area contributed by atoms with Gasteiger partial charge in [-0.1, -0.05) is 84.0 Å². The van der Waals surface area contributed by atoms with E-state index in [-0.39, 0.29) is 11.4 Å². The van der Waals surface area contributed by atoms with Crippen LogP contribution in [0.3, 0.4) is 0 Å². The Labute approximate surface area is 183 Å². The second kappa shape index (κ2) is 14.6. The number of carbonyl (C=O) groups excluding carboxylic acids is 2. The molecule has 2 rings (SSSR count). The Morgan fingerprint density at radius 3 is 1.83 bits per heavy atom.